The van der Waals surface area contributed by atoms with Crippen LogP contribution in [0.3, 0.4) is 0 Å². The number of aromatic hydroxyl groups is 1. The number of hydrogen-bond acceptors (Lipinski definition) is 5. The maximum atomic E-state index is 13.9. The van der Waals surface area contributed by atoms with Crippen molar-refractivity contribution in [2.24, 2.45) is 0 Å². The summed E-state index contributed by atoms with van der Waals surface area (Å²) in [6, 6.07) is 12.4. The van der Waals surface area contributed by atoms with Gasteiger partial charge in [-0.05, 0) is 82.5 Å². The molecule has 1 fully saturated rings. The lowest BCUT2D eigenvalue weighted by Crippen LogP contribution is -2.53. The Kier molecular flexibility index (Phi) is 6.18. The molecule has 3 aromatic rings. The van der Waals surface area contributed by atoms with Gasteiger partial charge in [0.1, 0.15) is 17.0 Å². The summed E-state index contributed by atoms with van der Waals surface area (Å²) in [5, 5.41) is 14.5. The summed E-state index contributed by atoms with van der Waals surface area (Å²) in [5.41, 5.74) is 2.68. The molecule has 8 nitrogen and oxygen atoms in total. The minimum atomic E-state index is -1.01. The molecule has 1 saturated heterocycles. The van der Waals surface area contributed by atoms with Crippen LogP contribution in [0, 0.1) is 0 Å². The molecule has 3 N–H and O–H groups in total. The second-order valence-electron chi connectivity index (χ2n) is 11.3. The van der Waals surface area contributed by atoms with E-state index in [0.29, 0.717) is 32.5 Å². The molecule has 196 valence electrons. The Morgan fingerprint density at radius 1 is 1.19 bits per heavy atom. The smallest absolute Gasteiger partial charge is 0.328 e. The van der Waals surface area contributed by atoms with Crippen LogP contribution in [0.15, 0.2) is 42.5 Å². The number of hydrogen-bond donors (Lipinski definition) is 3. The van der Waals surface area contributed by atoms with E-state index in [4.69, 9.17) is 4.74 Å². The van der Waals surface area contributed by atoms with Gasteiger partial charge in [-0.15, -0.1) is 0 Å². The molecule has 2 aliphatic heterocycles. The van der Waals surface area contributed by atoms with Crippen LogP contribution in [0.2, 0.25) is 0 Å². The molecule has 3 amide bonds. The number of imide groups is 1. The van der Waals surface area contributed by atoms with Gasteiger partial charge in [-0.2, -0.15) is 0 Å². The number of benzene rings is 2. The number of fused-ring (bicyclic) bond motifs is 4. The van der Waals surface area contributed by atoms with Crippen molar-refractivity contribution < 1.29 is 19.4 Å². The number of aromatic amines is 1. The van der Waals surface area contributed by atoms with Gasteiger partial charge < -0.3 is 25.0 Å². The molecule has 8 heteroatoms. The summed E-state index contributed by atoms with van der Waals surface area (Å²) in [6.45, 7) is 11.4. The van der Waals surface area contributed by atoms with Crippen LogP contribution >= 0.6 is 0 Å². The van der Waals surface area contributed by atoms with Crippen LogP contribution in [-0.4, -0.2) is 62.6 Å². The molecule has 1 unspecified atom stereocenters. The van der Waals surface area contributed by atoms with Crippen molar-refractivity contribution in [2.75, 3.05) is 19.7 Å². The number of phenolic OH excluding ortho intramolecular Hbond substituents is 1. The Morgan fingerprint density at radius 2 is 1.97 bits per heavy atom. The molecule has 2 aliphatic rings. The largest absolute Gasteiger partial charge is 0.508 e. The molecule has 1 aromatic heterocycles. The Labute approximate surface area is 217 Å². The average molecular weight is 505 g/mol. The molecular formula is C29H36N4O4. The van der Waals surface area contributed by atoms with Crippen molar-refractivity contribution in [3.05, 3.63) is 59.3 Å². The predicted octanol–water partition coefficient (Wildman–Crippen LogP) is 4.52. The first kappa shape index (κ1) is 25.1. The average Bonchev–Trinajstić information content (AvgIpc) is 3.26. The monoisotopic (exact) mass is 504 g/mol. The lowest BCUT2D eigenvalue weighted by molar-refractivity contribution is -0.133. The number of ether oxygens (including phenoxy) is 1. The molecule has 2 aromatic carbocycles. The summed E-state index contributed by atoms with van der Waals surface area (Å²) in [7, 11) is 0. The fraction of sp³-hybridized carbons (Fsp3) is 0.448. The van der Waals surface area contributed by atoms with E-state index in [0.717, 1.165) is 33.5 Å². The Balaban J connectivity index is 1.59. The normalized spacial score (nSPS) is 21.5. The maximum Gasteiger partial charge on any atom is 0.328 e. The van der Waals surface area contributed by atoms with Crippen LogP contribution < -0.4 is 10.1 Å². The SMILES string of the molecule is CCOc1ccc2[nH]c3c(c2c1)C[C@@]1(C)C(=O)N(CCNC(C)(C)C)C(=O)N1C3Cc1cccc(O)c1. The zero-order chi connectivity index (χ0) is 26.5. The van der Waals surface area contributed by atoms with Crippen LogP contribution in [0.5, 0.6) is 11.5 Å². The minimum absolute atomic E-state index is 0.116. The molecule has 0 radical (unpaired) electrons. The van der Waals surface area contributed by atoms with E-state index in [9.17, 15) is 14.7 Å². The highest BCUT2D eigenvalue weighted by atomic mass is 16.5. The number of nitrogens with one attached hydrogen (secondary N) is 2. The third-order valence-corrected chi connectivity index (χ3v) is 7.39. The van der Waals surface area contributed by atoms with Crippen LogP contribution in [0.4, 0.5) is 4.79 Å². The van der Waals surface area contributed by atoms with Crippen LogP contribution in [0.25, 0.3) is 10.9 Å². The first-order chi connectivity index (χ1) is 17.5. The number of urea groups is 1. The van der Waals surface area contributed by atoms with Gasteiger partial charge in [0.2, 0.25) is 0 Å². The van der Waals surface area contributed by atoms with Gasteiger partial charge in [-0.3, -0.25) is 9.69 Å². The lowest BCUT2D eigenvalue weighted by atomic mass is 9.81. The fourth-order valence-electron chi connectivity index (χ4n) is 5.75. The van der Waals surface area contributed by atoms with Crippen LogP contribution in [0.1, 0.15) is 57.5 Å². The van der Waals surface area contributed by atoms with E-state index < -0.39 is 11.6 Å². The summed E-state index contributed by atoms with van der Waals surface area (Å²) < 4.78 is 5.76. The Morgan fingerprint density at radius 3 is 2.68 bits per heavy atom. The standard InChI is InChI=1S/C29H36N4O4/c1-6-37-20-10-11-23-21(16-20)22-17-29(5)26(35)32(13-12-30-28(2,3)4)27(36)33(29)24(25(22)31-23)15-18-8-7-9-19(34)14-18/h7-11,14,16,24,30-31,34H,6,12-13,15,17H2,1-5H3/t24?,29-/m0/s1. The minimum Gasteiger partial charge on any atom is -0.508 e. The third kappa shape index (κ3) is 4.44. The number of aromatic nitrogens is 1. The van der Waals surface area contributed by atoms with Gasteiger partial charge in [-0.1, -0.05) is 12.1 Å². The van der Waals surface area contributed by atoms with E-state index in [-0.39, 0.29) is 23.2 Å². The van der Waals surface area contributed by atoms with E-state index in [2.05, 4.69) is 31.1 Å². The first-order valence-corrected chi connectivity index (χ1v) is 13.0. The number of carbonyl (C=O) groups excluding carboxylic acids is 2. The second-order valence-corrected chi connectivity index (χ2v) is 11.3. The topological polar surface area (TPSA) is 97.9 Å². The zero-order valence-corrected chi connectivity index (χ0v) is 22.2. The highest BCUT2D eigenvalue weighted by Gasteiger charge is 2.59. The number of phenols is 1. The molecule has 5 rings (SSSR count). The predicted molar refractivity (Wildman–Crippen MR) is 143 cm³/mol. The van der Waals surface area contributed by atoms with E-state index in [1.807, 2.05) is 38.1 Å². The van der Waals surface area contributed by atoms with Crippen molar-refractivity contribution in [2.45, 2.75) is 64.6 Å². The fourth-order valence-corrected chi connectivity index (χ4v) is 5.75. The van der Waals surface area contributed by atoms with Gasteiger partial charge in [-0.25, -0.2) is 4.79 Å². The highest BCUT2D eigenvalue weighted by Crippen LogP contribution is 2.47. The van der Waals surface area contributed by atoms with Gasteiger partial charge >= 0.3 is 6.03 Å². The van der Waals surface area contributed by atoms with Crippen molar-refractivity contribution in [3.8, 4) is 11.5 Å². The van der Waals surface area contributed by atoms with Gasteiger partial charge in [0.15, 0.2) is 0 Å². The second kappa shape index (κ2) is 9.10. The molecule has 0 aliphatic carbocycles. The summed E-state index contributed by atoms with van der Waals surface area (Å²) in [4.78, 5) is 34.5. The molecule has 37 heavy (non-hydrogen) atoms. The number of H-pyrrole nitrogens is 1. The number of amides is 3. The number of rotatable bonds is 7. The molecule has 3 heterocycles. The summed E-state index contributed by atoms with van der Waals surface area (Å²) in [6.07, 6.45) is 0.886. The maximum absolute atomic E-state index is 13.9. The Bertz CT molecular complexity index is 1360. The highest BCUT2D eigenvalue weighted by molar-refractivity contribution is 6.08. The van der Waals surface area contributed by atoms with Crippen LogP contribution in [-0.2, 0) is 17.6 Å². The Hall–Kier alpha value is -3.52. The quantitative estimate of drug-likeness (QED) is 0.411. The van der Waals surface area contributed by atoms with Gasteiger partial charge in [0.25, 0.3) is 5.91 Å². The first-order valence-electron chi connectivity index (χ1n) is 13.0. The van der Waals surface area contributed by atoms with Gasteiger partial charge in [0, 0.05) is 41.6 Å². The van der Waals surface area contributed by atoms with Crippen molar-refractivity contribution in [3.63, 3.8) is 0 Å². The van der Waals surface area contributed by atoms with E-state index >= 15 is 0 Å². The number of carbonyl (C=O) groups is 2. The lowest BCUT2D eigenvalue weighted by Gasteiger charge is -2.42. The van der Waals surface area contributed by atoms with Crippen molar-refractivity contribution >= 4 is 22.8 Å². The van der Waals surface area contributed by atoms with E-state index in [1.54, 1.807) is 23.1 Å². The molecular weight excluding hydrogens is 468 g/mol. The van der Waals surface area contributed by atoms with Crippen molar-refractivity contribution in [1.82, 2.24) is 20.1 Å². The zero-order valence-electron chi connectivity index (χ0n) is 22.2. The third-order valence-electron chi connectivity index (χ3n) is 7.39. The molecule has 0 bridgehead atoms. The molecule has 0 spiro atoms. The van der Waals surface area contributed by atoms with Crippen molar-refractivity contribution in [1.29, 1.82) is 0 Å². The molecule has 0 saturated carbocycles. The summed E-state index contributed by atoms with van der Waals surface area (Å²) in [5.74, 6) is 0.778. The summed E-state index contributed by atoms with van der Waals surface area (Å²) >= 11 is 0. The van der Waals surface area contributed by atoms with E-state index in [1.165, 1.54) is 4.90 Å². The molecule has 2 atom stereocenters. The number of nitrogens with zero attached hydrogens (tertiary/aromatic N) is 2. The van der Waals surface area contributed by atoms with Gasteiger partial charge in [0.05, 0.1) is 12.6 Å².